The molecule has 0 unspecified atom stereocenters. The van der Waals surface area contributed by atoms with Crippen molar-refractivity contribution in [2.24, 2.45) is 0 Å². The summed E-state index contributed by atoms with van der Waals surface area (Å²) < 4.78 is 15.2. The Morgan fingerprint density at radius 1 is 1.17 bits per heavy atom. The third kappa shape index (κ3) is 4.06. The molecule has 0 saturated carbocycles. The summed E-state index contributed by atoms with van der Waals surface area (Å²) in [6.45, 7) is 5.56. The molecule has 3 heterocycles. The highest BCUT2D eigenvalue weighted by molar-refractivity contribution is 5.94. The summed E-state index contributed by atoms with van der Waals surface area (Å²) in [5.74, 6) is 1.92. The summed E-state index contributed by atoms with van der Waals surface area (Å²) in [5.41, 5.74) is 1.51. The molecule has 6 heteroatoms. The van der Waals surface area contributed by atoms with E-state index < -0.39 is 0 Å². The van der Waals surface area contributed by atoms with Crippen molar-refractivity contribution in [3.8, 4) is 5.82 Å². The quantitative estimate of drug-likeness (QED) is 0.655. The number of imidazole rings is 1. The number of hydrogen-bond donors (Lipinski definition) is 0. The van der Waals surface area contributed by atoms with Gasteiger partial charge in [-0.15, -0.1) is 0 Å². The first kappa shape index (κ1) is 19.3. The zero-order chi connectivity index (χ0) is 20.4. The molecule has 0 radical (unpaired) electrons. The molecule has 2 aromatic heterocycles. The molecule has 150 valence electrons. The molecule has 29 heavy (non-hydrogen) atoms. The van der Waals surface area contributed by atoms with Gasteiger partial charge in [-0.25, -0.2) is 14.4 Å². The highest BCUT2D eigenvalue weighted by Gasteiger charge is 2.26. The third-order valence-corrected chi connectivity index (χ3v) is 5.41. The molecule has 3 aromatic rings. The number of carbonyl (C=O) groups is 1. The van der Waals surface area contributed by atoms with Crippen LogP contribution in [0.5, 0.6) is 0 Å². The molecule has 0 N–H and O–H groups in total. The number of piperidine rings is 1. The SMILES string of the molecule is CC(C)c1nccn1-c1cccc([C@@H]2CCCN(C(=O)c3ccc(F)cc3)C2)n1. The lowest BCUT2D eigenvalue weighted by Crippen LogP contribution is -2.39. The van der Waals surface area contributed by atoms with Crippen molar-refractivity contribution in [2.45, 2.75) is 38.5 Å². The zero-order valence-corrected chi connectivity index (χ0v) is 16.8. The second kappa shape index (κ2) is 8.15. The highest BCUT2D eigenvalue weighted by atomic mass is 19.1. The Morgan fingerprint density at radius 2 is 1.97 bits per heavy atom. The lowest BCUT2D eigenvalue weighted by Gasteiger charge is -2.32. The van der Waals surface area contributed by atoms with E-state index in [9.17, 15) is 9.18 Å². The second-order valence-corrected chi connectivity index (χ2v) is 7.83. The van der Waals surface area contributed by atoms with Crippen LogP contribution in [-0.2, 0) is 0 Å². The van der Waals surface area contributed by atoms with E-state index in [2.05, 4.69) is 18.8 Å². The molecule has 0 aliphatic carbocycles. The van der Waals surface area contributed by atoms with E-state index in [0.717, 1.165) is 30.2 Å². The predicted octanol–water partition coefficient (Wildman–Crippen LogP) is 4.55. The summed E-state index contributed by atoms with van der Waals surface area (Å²) in [6.07, 6.45) is 5.65. The van der Waals surface area contributed by atoms with E-state index in [4.69, 9.17) is 4.98 Å². The van der Waals surface area contributed by atoms with Crippen LogP contribution in [0.15, 0.2) is 54.9 Å². The summed E-state index contributed by atoms with van der Waals surface area (Å²) in [7, 11) is 0. The number of benzene rings is 1. The van der Waals surface area contributed by atoms with Gasteiger partial charge in [-0.05, 0) is 49.2 Å². The number of nitrogens with zero attached hydrogens (tertiary/aromatic N) is 4. The molecular weight excluding hydrogens is 367 g/mol. The van der Waals surface area contributed by atoms with Crippen LogP contribution in [0, 0.1) is 5.82 Å². The van der Waals surface area contributed by atoms with Gasteiger partial charge in [0.2, 0.25) is 0 Å². The van der Waals surface area contributed by atoms with Crippen molar-refractivity contribution >= 4 is 5.91 Å². The van der Waals surface area contributed by atoms with Crippen molar-refractivity contribution in [2.75, 3.05) is 13.1 Å². The van der Waals surface area contributed by atoms with Gasteiger partial charge in [0.1, 0.15) is 17.5 Å². The Morgan fingerprint density at radius 3 is 2.72 bits per heavy atom. The number of carbonyl (C=O) groups excluding carboxylic acids is 1. The highest BCUT2D eigenvalue weighted by Crippen LogP contribution is 2.28. The van der Waals surface area contributed by atoms with Crippen molar-refractivity contribution in [1.82, 2.24) is 19.4 Å². The lowest BCUT2D eigenvalue weighted by molar-refractivity contribution is 0.0706. The minimum Gasteiger partial charge on any atom is -0.338 e. The number of pyridine rings is 1. The summed E-state index contributed by atoms with van der Waals surface area (Å²) in [4.78, 5) is 24.0. The standard InChI is InChI=1S/C23H25FN4O/c1-16(2)22-25-12-14-28(22)21-7-3-6-20(26-21)18-5-4-13-27(15-18)23(29)17-8-10-19(24)11-9-17/h3,6-12,14,16,18H,4-5,13,15H2,1-2H3/t18-/m1/s1. The summed E-state index contributed by atoms with van der Waals surface area (Å²) in [5, 5.41) is 0. The molecular formula is C23H25FN4O. The van der Waals surface area contributed by atoms with Gasteiger partial charge in [-0.2, -0.15) is 0 Å². The van der Waals surface area contributed by atoms with Crippen molar-refractivity contribution < 1.29 is 9.18 Å². The minimum atomic E-state index is -0.334. The molecule has 1 amide bonds. The number of likely N-dealkylation sites (tertiary alicyclic amines) is 1. The van der Waals surface area contributed by atoms with Gasteiger partial charge in [0.15, 0.2) is 0 Å². The smallest absolute Gasteiger partial charge is 0.253 e. The van der Waals surface area contributed by atoms with E-state index in [1.165, 1.54) is 12.1 Å². The molecule has 4 rings (SSSR count). The van der Waals surface area contributed by atoms with E-state index in [1.807, 2.05) is 33.9 Å². The monoisotopic (exact) mass is 392 g/mol. The largest absolute Gasteiger partial charge is 0.338 e. The van der Waals surface area contributed by atoms with Gasteiger partial charge in [0, 0.05) is 48.6 Å². The normalized spacial score (nSPS) is 17.0. The number of amides is 1. The Bertz CT molecular complexity index is 996. The van der Waals surface area contributed by atoms with Crippen LogP contribution in [0.2, 0.25) is 0 Å². The molecule has 1 atom stereocenters. The van der Waals surface area contributed by atoms with Crippen LogP contribution in [0.1, 0.15) is 60.4 Å². The average Bonchev–Trinajstić information content (AvgIpc) is 3.24. The molecule has 1 aromatic carbocycles. The number of rotatable bonds is 4. The van der Waals surface area contributed by atoms with Crippen molar-refractivity contribution in [3.05, 3.63) is 77.8 Å². The maximum absolute atomic E-state index is 13.2. The Labute approximate surface area is 170 Å². The molecule has 1 aliphatic heterocycles. The van der Waals surface area contributed by atoms with Gasteiger partial charge < -0.3 is 4.90 Å². The average molecular weight is 392 g/mol. The van der Waals surface area contributed by atoms with E-state index >= 15 is 0 Å². The molecule has 1 aliphatic rings. The maximum Gasteiger partial charge on any atom is 0.253 e. The van der Waals surface area contributed by atoms with Gasteiger partial charge in [0.05, 0.1) is 0 Å². The first-order valence-corrected chi connectivity index (χ1v) is 10.1. The van der Waals surface area contributed by atoms with E-state index in [-0.39, 0.29) is 17.6 Å². The molecule has 0 bridgehead atoms. The molecule has 5 nitrogen and oxygen atoms in total. The number of hydrogen-bond acceptors (Lipinski definition) is 3. The van der Waals surface area contributed by atoms with Crippen molar-refractivity contribution in [1.29, 1.82) is 0 Å². The molecule has 0 spiro atoms. The van der Waals surface area contributed by atoms with E-state index in [0.29, 0.717) is 24.6 Å². The van der Waals surface area contributed by atoms with Crippen LogP contribution in [-0.4, -0.2) is 38.4 Å². The van der Waals surface area contributed by atoms with Crippen molar-refractivity contribution in [3.63, 3.8) is 0 Å². The lowest BCUT2D eigenvalue weighted by atomic mass is 9.93. The topological polar surface area (TPSA) is 51.0 Å². The third-order valence-electron chi connectivity index (χ3n) is 5.41. The van der Waals surface area contributed by atoms with Gasteiger partial charge in [-0.1, -0.05) is 19.9 Å². The Balaban J connectivity index is 1.55. The number of halogens is 1. The number of aromatic nitrogens is 3. The first-order chi connectivity index (χ1) is 14.0. The first-order valence-electron chi connectivity index (χ1n) is 10.1. The van der Waals surface area contributed by atoms with Crippen LogP contribution in [0.4, 0.5) is 4.39 Å². The van der Waals surface area contributed by atoms with Crippen LogP contribution in [0.3, 0.4) is 0 Å². The zero-order valence-electron chi connectivity index (χ0n) is 16.8. The fraction of sp³-hybridized carbons (Fsp3) is 0.348. The molecule has 1 saturated heterocycles. The Kier molecular flexibility index (Phi) is 5.43. The predicted molar refractivity (Wildman–Crippen MR) is 110 cm³/mol. The van der Waals surface area contributed by atoms with Gasteiger partial charge in [0.25, 0.3) is 5.91 Å². The fourth-order valence-electron chi connectivity index (χ4n) is 3.92. The van der Waals surface area contributed by atoms with Crippen LogP contribution in [0.25, 0.3) is 5.82 Å². The van der Waals surface area contributed by atoms with Crippen LogP contribution < -0.4 is 0 Å². The van der Waals surface area contributed by atoms with E-state index in [1.54, 1.807) is 18.3 Å². The maximum atomic E-state index is 13.2. The summed E-state index contributed by atoms with van der Waals surface area (Å²) >= 11 is 0. The van der Waals surface area contributed by atoms with Crippen LogP contribution >= 0.6 is 0 Å². The van der Waals surface area contributed by atoms with Gasteiger partial charge >= 0.3 is 0 Å². The Hall–Kier alpha value is -3.02. The minimum absolute atomic E-state index is 0.0532. The summed E-state index contributed by atoms with van der Waals surface area (Å²) in [6, 6.07) is 11.8. The van der Waals surface area contributed by atoms with Gasteiger partial charge in [-0.3, -0.25) is 9.36 Å². The fourth-order valence-corrected chi connectivity index (χ4v) is 3.92. The molecule has 1 fully saturated rings. The second-order valence-electron chi connectivity index (χ2n) is 7.83.